The topological polar surface area (TPSA) is 67.3 Å². The summed E-state index contributed by atoms with van der Waals surface area (Å²) in [5, 5.41) is 0. The lowest BCUT2D eigenvalue weighted by Gasteiger charge is -2.13. The Balaban J connectivity index is 2.58. The first-order valence-electron chi connectivity index (χ1n) is 5.52. The number of rotatable bonds is 5. The number of carbonyl (C=O) groups is 2. The van der Waals surface area contributed by atoms with Crippen molar-refractivity contribution >= 4 is 11.8 Å². The van der Waals surface area contributed by atoms with E-state index in [1.807, 2.05) is 12.3 Å². The predicted octanol–water partition coefficient (Wildman–Crippen LogP) is -0.0586. The Bertz CT molecular complexity index is 418. The van der Waals surface area contributed by atoms with Gasteiger partial charge in [0.15, 0.2) is 12.7 Å². The molecule has 0 aliphatic heterocycles. The summed E-state index contributed by atoms with van der Waals surface area (Å²) < 4.78 is 1.80. The van der Waals surface area contributed by atoms with E-state index in [4.69, 9.17) is 5.73 Å². The first kappa shape index (κ1) is 13.2. The Labute approximate surface area is 101 Å². The summed E-state index contributed by atoms with van der Waals surface area (Å²) in [5.41, 5.74) is 5.75. The predicted molar refractivity (Wildman–Crippen MR) is 63.1 cm³/mol. The molecule has 17 heavy (non-hydrogen) atoms. The van der Waals surface area contributed by atoms with Crippen LogP contribution in [0.5, 0.6) is 0 Å². The van der Waals surface area contributed by atoms with Crippen molar-refractivity contribution < 1.29 is 14.2 Å². The molecular weight excluding hydrogens is 218 g/mol. The lowest BCUT2D eigenvalue weighted by molar-refractivity contribution is -0.699. The van der Waals surface area contributed by atoms with Gasteiger partial charge in [0.05, 0.1) is 0 Å². The van der Waals surface area contributed by atoms with Crippen LogP contribution < -0.4 is 10.3 Å². The van der Waals surface area contributed by atoms with E-state index in [0.29, 0.717) is 18.8 Å². The van der Waals surface area contributed by atoms with Crippen LogP contribution >= 0.6 is 0 Å². The van der Waals surface area contributed by atoms with E-state index in [1.165, 1.54) is 6.92 Å². The van der Waals surface area contributed by atoms with Crippen LogP contribution in [0.25, 0.3) is 0 Å². The smallest absolute Gasteiger partial charge is 0.313 e. The van der Waals surface area contributed by atoms with Crippen molar-refractivity contribution in [3.05, 3.63) is 30.1 Å². The van der Waals surface area contributed by atoms with Crippen molar-refractivity contribution in [1.29, 1.82) is 0 Å². The minimum absolute atomic E-state index is 0.0400. The van der Waals surface area contributed by atoms with Crippen LogP contribution in [0.2, 0.25) is 0 Å². The van der Waals surface area contributed by atoms with E-state index >= 15 is 0 Å². The number of nitrogens with zero attached hydrogens (tertiary/aromatic N) is 2. The Morgan fingerprint density at radius 2 is 2.12 bits per heavy atom. The number of nitrogens with two attached hydrogens (primary N) is 1. The Hall–Kier alpha value is -1.91. The number of hydrogen-bond donors (Lipinski definition) is 1. The third-order valence-corrected chi connectivity index (χ3v) is 2.62. The van der Waals surface area contributed by atoms with Gasteiger partial charge in [-0.2, -0.15) is 4.57 Å². The molecule has 0 atom stereocenters. The van der Waals surface area contributed by atoms with Crippen LogP contribution in [0, 0.1) is 0 Å². The second-order valence-electron chi connectivity index (χ2n) is 3.94. The highest BCUT2D eigenvalue weighted by Crippen LogP contribution is 1.93. The van der Waals surface area contributed by atoms with Crippen molar-refractivity contribution in [3.63, 3.8) is 0 Å². The van der Waals surface area contributed by atoms with E-state index in [0.717, 1.165) is 6.42 Å². The fourth-order valence-electron chi connectivity index (χ4n) is 1.53. The second-order valence-corrected chi connectivity index (χ2v) is 3.94. The lowest BCUT2D eigenvalue weighted by atomic mass is 10.3. The van der Waals surface area contributed by atoms with Crippen LogP contribution in [-0.4, -0.2) is 30.3 Å². The monoisotopic (exact) mass is 236 g/mol. The molecule has 0 aliphatic carbocycles. The van der Waals surface area contributed by atoms with Crippen molar-refractivity contribution in [1.82, 2.24) is 4.90 Å². The molecule has 0 aromatic carbocycles. The van der Waals surface area contributed by atoms with Gasteiger partial charge in [-0.1, -0.05) is 0 Å². The average molecular weight is 236 g/mol. The molecule has 5 heteroatoms. The van der Waals surface area contributed by atoms with Gasteiger partial charge < -0.3 is 10.6 Å². The van der Waals surface area contributed by atoms with Gasteiger partial charge >= 0.3 is 5.91 Å². The Morgan fingerprint density at radius 1 is 1.41 bits per heavy atom. The Kier molecular flexibility index (Phi) is 4.63. The highest BCUT2D eigenvalue weighted by atomic mass is 16.2. The third kappa shape index (κ3) is 3.86. The Morgan fingerprint density at radius 3 is 2.71 bits per heavy atom. The van der Waals surface area contributed by atoms with Crippen LogP contribution in [0.3, 0.4) is 0 Å². The number of hydrogen-bond acceptors (Lipinski definition) is 2. The van der Waals surface area contributed by atoms with Gasteiger partial charge in [0, 0.05) is 39.1 Å². The number of carbonyl (C=O) groups excluding carboxylic acids is 2. The maximum atomic E-state index is 11.2. The molecule has 0 unspecified atom stereocenters. The molecule has 0 saturated heterocycles. The number of primary amides is 1. The first-order valence-corrected chi connectivity index (χ1v) is 5.52. The number of amides is 2. The highest BCUT2D eigenvalue weighted by molar-refractivity contribution is 5.89. The first-order chi connectivity index (χ1) is 8.02. The molecule has 0 radical (unpaired) electrons. The van der Waals surface area contributed by atoms with Crippen molar-refractivity contribution in [2.24, 2.45) is 5.73 Å². The average Bonchev–Trinajstić information content (AvgIpc) is 2.29. The van der Waals surface area contributed by atoms with Crippen molar-refractivity contribution in [3.8, 4) is 0 Å². The molecule has 92 valence electrons. The molecule has 0 fully saturated rings. The molecule has 2 amide bonds. The van der Waals surface area contributed by atoms with Gasteiger partial charge in [-0.3, -0.25) is 9.59 Å². The molecule has 0 bridgehead atoms. The van der Waals surface area contributed by atoms with Gasteiger partial charge in [0.25, 0.3) is 5.69 Å². The summed E-state index contributed by atoms with van der Waals surface area (Å²) in [6.07, 6.45) is 2.60. The molecule has 2 N–H and O–H groups in total. The summed E-state index contributed by atoms with van der Waals surface area (Å²) in [6, 6.07) is 5.32. The summed E-state index contributed by atoms with van der Waals surface area (Å²) in [5.74, 6) is -0.399. The van der Waals surface area contributed by atoms with E-state index in [9.17, 15) is 9.59 Å². The van der Waals surface area contributed by atoms with Gasteiger partial charge in [-0.05, 0) is 6.07 Å². The molecule has 1 rings (SSSR count). The van der Waals surface area contributed by atoms with Crippen LogP contribution in [-0.2, 0) is 11.3 Å². The number of pyridine rings is 1. The fraction of sp³-hybridized carbons (Fsp3) is 0.417. The van der Waals surface area contributed by atoms with Gasteiger partial charge in [-0.15, -0.1) is 0 Å². The fourth-order valence-corrected chi connectivity index (χ4v) is 1.53. The minimum atomic E-state index is -0.439. The zero-order valence-corrected chi connectivity index (χ0v) is 10.2. The summed E-state index contributed by atoms with van der Waals surface area (Å²) >= 11 is 0. The lowest BCUT2D eigenvalue weighted by Crippen LogP contribution is -2.43. The standard InChI is InChI=1S/C12H17N3O2/c1-10(16)14(2)7-5-9-15-8-4-3-6-11(15)12(13)17/h3-4,6,8H,5,7,9H2,1-2H3,(H-,13,17)/p+1. The van der Waals surface area contributed by atoms with E-state index in [2.05, 4.69) is 0 Å². The van der Waals surface area contributed by atoms with Gasteiger partial charge in [-0.25, -0.2) is 0 Å². The molecule has 5 nitrogen and oxygen atoms in total. The SMILES string of the molecule is CC(=O)N(C)CCC[n+]1ccccc1C(N)=O. The van der Waals surface area contributed by atoms with E-state index in [-0.39, 0.29) is 5.91 Å². The molecule has 0 spiro atoms. The van der Waals surface area contributed by atoms with Crippen molar-refractivity contribution in [2.75, 3.05) is 13.6 Å². The molecule has 1 aromatic heterocycles. The maximum Gasteiger partial charge on any atom is 0.313 e. The maximum absolute atomic E-state index is 11.2. The van der Waals surface area contributed by atoms with Gasteiger partial charge in [0.1, 0.15) is 0 Å². The van der Waals surface area contributed by atoms with Crippen LogP contribution in [0.15, 0.2) is 24.4 Å². The van der Waals surface area contributed by atoms with E-state index in [1.54, 1.807) is 28.6 Å². The highest BCUT2D eigenvalue weighted by Gasteiger charge is 2.14. The molecular formula is C12H18N3O2+. The summed E-state index contributed by atoms with van der Waals surface area (Å²) in [7, 11) is 1.76. The molecule has 1 aromatic rings. The summed E-state index contributed by atoms with van der Waals surface area (Å²) in [6.45, 7) is 2.86. The van der Waals surface area contributed by atoms with Crippen LogP contribution in [0.1, 0.15) is 23.8 Å². The minimum Gasteiger partial charge on any atom is -0.360 e. The molecule has 1 heterocycles. The molecule has 0 aliphatic rings. The zero-order chi connectivity index (χ0) is 12.8. The van der Waals surface area contributed by atoms with Crippen LogP contribution in [0.4, 0.5) is 0 Å². The number of aromatic nitrogens is 1. The van der Waals surface area contributed by atoms with E-state index < -0.39 is 5.91 Å². The van der Waals surface area contributed by atoms with Gasteiger partial charge in [0.2, 0.25) is 5.91 Å². The number of aryl methyl sites for hydroxylation is 1. The molecule has 0 saturated carbocycles. The largest absolute Gasteiger partial charge is 0.360 e. The zero-order valence-electron chi connectivity index (χ0n) is 10.2. The second kappa shape index (κ2) is 5.98. The third-order valence-electron chi connectivity index (χ3n) is 2.62. The quantitative estimate of drug-likeness (QED) is 0.728. The van der Waals surface area contributed by atoms with Crippen molar-refractivity contribution in [2.45, 2.75) is 19.9 Å². The normalized spacial score (nSPS) is 10.0. The summed E-state index contributed by atoms with van der Waals surface area (Å²) in [4.78, 5) is 23.8.